The Morgan fingerprint density at radius 1 is 1.14 bits per heavy atom. The van der Waals surface area contributed by atoms with Crippen LogP contribution in [0.5, 0.6) is 17.2 Å². The molecule has 1 aromatic carbocycles. The zero-order chi connectivity index (χ0) is 15.9. The van der Waals surface area contributed by atoms with Gasteiger partial charge in [-0.05, 0) is 31.2 Å². The van der Waals surface area contributed by atoms with Gasteiger partial charge in [-0.3, -0.25) is 9.78 Å². The Balaban J connectivity index is 1.98. The zero-order valence-corrected chi connectivity index (χ0v) is 12.8. The number of rotatable bonds is 6. The van der Waals surface area contributed by atoms with E-state index in [1.165, 1.54) is 7.11 Å². The summed E-state index contributed by atoms with van der Waals surface area (Å²) in [5.41, 5.74) is 1.41. The Bertz CT molecular complexity index is 641. The molecule has 0 saturated heterocycles. The fraction of sp³-hybridized carbons (Fsp3) is 0.250. The smallest absolute Gasteiger partial charge is 0.262 e. The molecule has 0 aliphatic rings. The van der Waals surface area contributed by atoms with Crippen molar-refractivity contribution in [3.05, 3.63) is 42.2 Å². The van der Waals surface area contributed by atoms with Crippen LogP contribution in [-0.2, 0) is 4.79 Å². The molecule has 1 N–H and O–H groups in total. The van der Waals surface area contributed by atoms with Gasteiger partial charge >= 0.3 is 0 Å². The number of methoxy groups -OCH3 is 2. The van der Waals surface area contributed by atoms with Crippen molar-refractivity contribution in [2.75, 3.05) is 26.1 Å². The molecule has 6 heteroatoms. The molecule has 0 fully saturated rings. The SMILES string of the molecule is COc1ccc(OC)c(NC(=O)COc2ccc(C)nc2)c1. The molecule has 6 nitrogen and oxygen atoms in total. The predicted molar refractivity (Wildman–Crippen MR) is 82.6 cm³/mol. The first-order chi connectivity index (χ1) is 10.6. The number of hydrogen-bond donors (Lipinski definition) is 1. The Kier molecular flexibility index (Phi) is 5.19. The van der Waals surface area contributed by atoms with Gasteiger partial charge in [-0.15, -0.1) is 0 Å². The van der Waals surface area contributed by atoms with E-state index in [4.69, 9.17) is 14.2 Å². The Morgan fingerprint density at radius 3 is 2.55 bits per heavy atom. The molecule has 0 unspecified atom stereocenters. The lowest BCUT2D eigenvalue weighted by molar-refractivity contribution is -0.118. The maximum Gasteiger partial charge on any atom is 0.262 e. The number of nitrogens with one attached hydrogen (secondary N) is 1. The molecule has 0 spiro atoms. The van der Waals surface area contributed by atoms with Crippen molar-refractivity contribution in [1.29, 1.82) is 0 Å². The van der Waals surface area contributed by atoms with E-state index >= 15 is 0 Å². The van der Waals surface area contributed by atoms with Crippen LogP contribution in [0.2, 0.25) is 0 Å². The molecule has 0 aliphatic carbocycles. The first kappa shape index (κ1) is 15.6. The standard InChI is InChI=1S/C16H18N2O4/c1-11-4-5-13(9-17-11)22-10-16(19)18-14-8-12(20-2)6-7-15(14)21-3/h4-9H,10H2,1-3H3,(H,18,19). The normalized spacial score (nSPS) is 9.95. The highest BCUT2D eigenvalue weighted by Gasteiger charge is 2.10. The average molecular weight is 302 g/mol. The number of amides is 1. The number of hydrogen-bond acceptors (Lipinski definition) is 5. The van der Waals surface area contributed by atoms with Gasteiger partial charge in [0, 0.05) is 11.8 Å². The first-order valence-corrected chi connectivity index (χ1v) is 6.69. The lowest BCUT2D eigenvalue weighted by Gasteiger charge is -2.12. The number of nitrogens with zero attached hydrogens (tertiary/aromatic N) is 1. The van der Waals surface area contributed by atoms with E-state index < -0.39 is 0 Å². The van der Waals surface area contributed by atoms with Crippen molar-refractivity contribution in [2.45, 2.75) is 6.92 Å². The minimum absolute atomic E-state index is 0.120. The van der Waals surface area contributed by atoms with Crippen molar-refractivity contribution < 1.29 is 19.0 Å². The third-order valence-corrected chi connectivity index (χ3v) is 2.93. The zero-order valence-electron chi connectivity index (χ0n) is 12.8. The van der Waals surface area contributed by atoms with Crippen molar-refractivity contribution >= 4 is 11.6 Å². The highest BCUT2D eigenvalue weighted by molar-refractivity contribution is 5.93. The molecule has 1 aromatic heterocycles. The summed E-state index contributed by atoms with van der Waals surface area (Å²) in [6.07, 6.45) is 1.58. The molecule has 1 heterocycles. The summed E-state index contributed by atoms with van der Waals surface area (Å²) in [6.45, 7) is 1.76. The second-order valence-corrected chi connectivity index (χ2v) is 4.54. The summed E-state index contributed by atoms with van der Waals surface area (Å²) in [4.78, 5) is 16.1. The quantitative estimate of drug-likeness (QED) is 0.887. The molecule has 0 bridgehead atoms. The van der Waals surface area contributed by atoms with Crippen LogP contribution in [0, 0.1) is 6.92 Å². The lowest BCUT2D eigenvalue weighted by atomic mass is 10.2. The molecule has 0 saturated carbocycles. The van der Waals surface area contributed by atoms with E-state index in [0.717, 1.165) is 5.69 Å². The van der Waals surface area contributed by atoms with Crippen LogP contribution >= 0.6 is 0 Å². The summed E-state index contributed by atoms with van der Waals surface area (Å²) < 4.78 is 15.7. The van der Waals surface area contributed by atoms with Gasteiger partial charge in [-0.25, -0.2) is 0 Å². The number of aryl methyl sites for hydroxylation is 1. The van der Waals surface area contributed by atoms with E-state index in [2.05, 4.69) is 10.3 Å². The molecule has 0 radical (unpaired) electrons. The van der Waals surface area contributed by atoms with Gasteiger partial charge in [0.1, 0.15) is 17.2 Å². The van der Waals surface area contributed by atoms with Crippen molar-refractivity contribution in [3.63, 3.8) is 0 Å². The Hall–Kier alpha value is -2.76. The highest BCUT2D eigenvalue weighted by atomic mass is 16.5. The number of pyridine rings is 1. The summed E-state index contributed by atoms with van der Waals surface area (Å²) in [5.74, 6) is 1.41. The molecule has 2 aromatic rings. The van der Waals surface area contributed by atoms with Crippen LogP contribution in [0.1, 0.15) is 5.69 Å². The summed E-state index contributed by atoms with van der Waals surface area (Å²) >= 11 is 0. The van der Waals surface area contributed by atoms with Gasteiger partial charge in [0.15, 0.2) is 6.61 Å². The van der Waals surface area contributed by atoms with Crippen LogP contribution in [0.25, 0.3) is 0 Å². The molecule has 116 valence electrons. The summed E-state index contributed by atoms with van der Waals surface area (Å²) in [6, 6.07) is 8.74. The van der Waals surface area contributed by atoms with Crippen molar-refractivity contribution in [2.24, 2.45) is 0 Å². The van der Waals surface area contributed by atoms with Crippen molar-refractivity contribution in [1.82, 2.24) is 4.98 Å². The minimum Gasteiger partial charge on any atom is -0.497 e. The number of ether oxygens (including phenoxy) is 3. The average Bonchev–Trinajstić information content (AvgIpc) is 2.54. The molecule has 22 heavy (non-hydrogen) atoms. The van der Waals surface area contributed by atoms with Gasteiger partial charge in [0.25, 0.3) is 5.91 Å². The van der Waals surface area contributed by atoms with Gasteiger partial charge in [0.05, 0.1) is 26.1 Å². The predicted octanol–water partition coefficient (Wildman–Crippen LogP) is 2.42. The largest absolute Gasteiger partial charge is 0.497 e. The second-order valence-electron chi connectivity index (χ2n) is 4.54. The van der Waals surface area contributed by atoms with Crippen LogP contribution in [0.15, 0.2) is 36.5 Å². The number of carbonyl (C=O) groups is 1. The minimum atomic E-state index is -0.299. The molecule has 0 atom stereocenters. The molecular weight excluding hydrogens is 284 g/mol. The molecular formula is C16H18N2O4. The van der Waals surface area contributed by atoms with Gasteiger partial charge in [-0.2, -0.15) is 0 Å². The molecule has 0 aliphatic heterocycles. The summed E-state index contributed by atoms with van der Waals surface area (Å²) in [5, 5.41) is 2.73. The second kappa shape index (κ2) is 7.31. The number of benzene rings is 1. The van der Waals surface area contributed by atoms with Crippen molar-refractivity contribution in [3.8, 4) is 17.2 Å². The third kappa shape index (κ3) is 4.12. The van der Waals surface area contributed by atoms with Gasteiger partial charge < -0.3 is 19.5 Å². The number of anilines is 1. The molecule has 1 amide bonds. The molecule has 2 rings (SSSR count). The third-order valence-electron chi connectivity index (χ3n) is 2.93. The number of carbonyl (C=O) groups excluding carboxylic acids is 1. The Labute approximate surface area is 129 Å². The lowest BCUT2D eigenvalue weighted by Crippen LogP contribution is -2.20. The highest BCUT2D eigenvalue weighted by Crippen LogP contribution is 2.28. The maximum atomic E-state index is 12.0. The van der Waals surface area contributed by atoms with Gasteiger partial charge in [0.2, 0.25) is 0 Å². The van der Waals surface area contributed by atoms with E-state index in [0.29, 0.717) is 22.9 Å². The number of aromatic nitrogens is 1. The van der Waals surface area contributed by atoms with Crippen LogP contribution in [-0.4, -0.2) is 31.7 Å². The van der Waals surface area contributed by atoms with Crippen LogP contribution in [0.3, 0.4) is 0 Å². The van der Waals surface area contributed by atoms with Crippen LogP contribution < -0.4 is 19.5 Å². The van der Waals surface area contributed by atoms with E-state index in [-0.39, 0.29) is 12.5 Å². The van der Waals surface area contributed by atoms with Crippen LogP contribution in [0.4, 0.5) is 5.69 Å². The monoisotopic (exact) mass is 302 g/mol. The van der Waals surface area contributed by atoms with Gasteiger partial charge in [-0.1, -0.05) is 0 Å². The fourth-order valence-corrected chi connectivity index (χ4v) is 1.79. The topological polar surface area (TPSA) is 69.7 Å². The fourth-order valence-electron chi connectivity index (χ4n) is 1.79. The van der Waals surface area contributed by atoms with E-state index in [1.807, 2.05) is 13.0 Å². The van der Waals surface area contributed by atoms with E-state index in [1.54, 1.807) is 37.6 Å². The summed E-state index contributed by atoms with van der Waals surface area (Å²) in [7, 11) is 3.09. The first-order valence-electron chi connectivity index (χ1n) is 6.69. The van der Waals surface area contributed by atoms with E-state index in [9.17, 15) is 4.79 Å². The maximum absolute atomic E-state index is 12.0. The Morgan fingerprint density at radius 2 is 1.91 bits per heavy atom.